The van der Waals surface area contributed by atoms with E-state index in [4.69, 9.17) is 0 Å². The molecule has 1 aliphatic carbocycles. The van der Waals surface area contributed by atoms with Crippen LogP contribution in [0.1, 0.15) is 53.1 Å². The first-order valence-corrected chi connectivity index (χ1v) is 10.8. The van der Waals surface area contributed by atoms with E-state index in [0.29, 0.717) is 0 Å². The molecule has 0 bridgehead atoms. The lowest BCUT2D eigenvalue weighted by Crippen LogP contribution is -1.92. The number of rotatable bonds is 7. The standard InChI is InChI=1S/C29H30/c1-3-23-10-12-24(13-11-23)14-15-25-16-17-29(20-25)28-9-5-8-27(21-28)19-26-7-4-6-22(2)18-26/h4-13,16-18,21H,3,14-15,19-20H2,1-2H3. The molecular formula is C29H30. The lowest BCUT2D eigenvalue weighted by molar-refractivity contribution is 0.920. The molecule has 0 heterocycles. The largest absolute Gasteiger partial charge is 0.0655 e. The first-order valence-electron chi connectivity index (χ1n) is 10.8. The summed E-state index contributed by atoms with van der Waals surface area (Å²) in [5.74, 6) is 0. The fraction of sp³-hybridized carbons (Fsp3) is 0.241. The highest BCUT2D eigenvalue weighted by Crippen LogP contribution is 2.31. The van der Waals surface area contributed by atoms with Crippen LogP contribution >= 0.6 is 0 Å². The Morgan fingerprint density at radius 2 is 1.41 bits per heavy atom. The van der Waals surface area contributed by atoms with Crippen molar-refractivity contribution in [3.05, 3.63) is 124 Å². The fourth-order valence-corrected chi connectivity index (χ4v) is 4.14. The normalized spacial score (nSPS) is 13.3. The lowest BCUT2D eigenvalue weighted by atomic mass is 9.96. The maximum Gasteiger partial charge on any atom is -0.00255 e. The van der Waals surface area contributed by atoms with Crippen LogP contribution in [0.3, 0.4) is 0 Å². The summed E-state index contributed by atoms with van der Waals surface area (Å²) in [4.78, 5) is 0. The maximum absolute atomic E-state index is 2.37. The van der Waals surface area contributed by atoms with Crippen molar-refractivity contribution in [3.63, 3.8) is 0 Å². The van der Waals surface area contributed by atoms with E-state index < -0.39 is 0 Å². The van der Waals surface area contributed by atoms with Gasteiger partial charge in [-0.1, -0.05) is 103 Å². The van der Waals surface area contributed by atoms with Crippen LogP contribution in [0.4, 0.5) is 0 Å². The van der Waals surface area contributed by atoms with Gasteiger partial charge in [0.25, 0.3) is 0 Å². The highest BCUT2D eigenvalue weighted by molar-refractivity contribution is 5.72. The molecule has 0 atom stereocenters. The van der Waals surface area contributed by atoms with Gasteiger partial charge in [0.2, 0.25) is 0 Å². The molecule has 0 saturated carbocycles. The third kappa shape index (κ3) is 5.15. The molecule has 146 valence electrons. The van der Waals surface area contributed by atoms with Gasteiger partial charge in [0, 0.05) is 0 Å². The summed E-state index contributed by atoms with van der Waals surface area (Å²) < 4.78 is 0. The molecule has 0 aromatic heterocycles. The molecular weight excluding hydrogens is 348 g/mol. The van der Waals surface area contributed by atoms with Crippen molar-refractivity contribution in [2.75, 3.05) is 0 Å². The molecule has 0 N–H and O–H groups in total. The molecule has 0 unspecified atom stereocenters. The van der Waals surface area contributed by atoms with Crippen molar-refractivity contribution in [3.8, 4) is 0 Å². The van der Waals surface area contributed by atoms with Gasteiger partial charge in [-0.2, -0.15) is 0 Å². The molecule has 0 nitrogen and oxygen atoms in total. The second kappa shape index (κ2) is 9.09. The molecule has 0 spiro atoms. The Kier molecular flexibility index (Phi) is 6.10. The molecule has 0 saturated heterocycles. The lowest BCUT2D eigenvalue weighted by Gasteiger charge is -2.09. The first-order chi connectivity index (χ1) is 14.2. The Bertz CT molecular complexity index is 1030. The van der Waals surface area contributed by atoms with Crippen molar-refractivity contribution >= 4 is 5.57 Å². The van der Waals surface area contributed by atoms with E-state index in [2.05, 4.69) is 98.8 Å². The van der Waals surface area contributed by atoms with Gasteiger partial charge in [0.1, 0.15) is 0 Å². The van der Waals surface area contributed by atoms with E-state index >= 15 is 0 Å². The van der Waals surface area contributed by atoms with Gasteiger partial charge in [-0.15, -0.1) is 0 Å². The van der Waals surface area contributed by atoms with Crippen molar-refractivity contribution in [1.29, 1.82) is 0 Å². The van der Waals surface area contributed by atoms with Gasteiger partial charge in [-0.3, -0.25) is 0 Å². The van der Waals surface area contributed by atoms with Gasteiger partial charge < -0.3 is 0 Å². The summed E-state index contributed by atoms with van der Waals surface area (Å²) in [6.45, 7) is 4.37. The number of allylic oxidation sites excluding steroid dienone is 4. The average molecular weight is 379 g/mol. The number of benzene rings is 3. The van der Waals surface area contributed by atoms with Crippen LogP contribution in [0.15, 0.2) is 90.5 Å². The molecule has 0 aliphatic heterocycles. The zero-order chi connectivity index (χ0) is 20.1. The highest BCUT2D eigenvalue weighted by Gasteiger charge is 2.11. The van der Waals surface area contributed by atoms with Crippen LogP contribution in [-0.2, 0) is 19.3 Å². The average Bonchev–Trinajstić information content (AvgIpc) is 3.22. The fourth-order valence-electron chi connectivity index (χ4n) is 4.14. The van der Waals surface area contributed by atoms with Crippen molar-refractivity contribution in [2.24, 2.45) is 0 Å². The first kappa shape index (κ1) is 19.5. The summed E-state index contributed by atoms with van der Waals surface area (Å²) in [6, 6.07) is 27.0. The van der Waals surface area contributed by atoms with Crippen LogP contribution < -0.4 is 0 Å². The minimum atomic E-state index is 0.997. The zero-order valence-corrected chi connectivity index (χ0v) is 17.6. The van der Waals surface area contributed by atoms with Crippen molar-refractivity contribution in [1.82, 2.24) is 0 Å². The molecule has 29 heavy (non-hydrogen) atoms. The molecule has 0 amide bonds. The molecule has 0 fully saturated rings. The van der Waals surface area contributed by atoms with Crippen LogP contribution in [0.2, 0.25) is 0 Å². The molecule has 1 aliphatic rings. The molecule has 0 radical (unpaired) electrons. The molecule has 3 aromatic carbocycles. The van der Waals surface area contributed by atoms with Gasteiger partial charge in [-0.05, 0) is 72.4 Å². The second-order valence-electron chi connectivity index (χ2n) is 8.23. The van der Waals surface area contributed by atoms with Gasteiger partial charge >= 0.3 is 0 Å². The van der Waals surface area contributed by atoms with Gasteiger partial charge in [0.05, 0.1) is 0 Å². The number of aryl methyl sites for hydroxylation is 3. The summed E-state index contributed by atoms with van der Waals surface area (Å²) in [5, 5.41) is 0. The Morgan fingerprint density at radius 3 is 2.17 bits per heavy atom. The summed E-state index contributed by atoms with van der Waals surface area (Å²) in [5.41, 5.74) is 11.3. The van der Waals surface area contributed by atoms with Crippen LogP contribution in [0.25, 0.3) is 5.57 Å². The minimum Gasteiger partial charge on any atom is -0.0655 e. The summed E-state index contributed by atoms with van der Waals surface area (Å²) in [7, 11) is 0. The van der Waals surface area contributed by atoms with Gasteiger partial charge in [-0.25, -0.2) is 0 Å². The van der Waals surface area contributed by atoms with E-state index in [1.165, 1.54) is 39.0 Å². The predicted octanol–water partition coefficient (Wildman–Crippen LogP) is 7.49. The predicted molar refractivity (Wildman–Crippen MR) is 125 cm³/mol. The van der Waals surface area contributed by atoms with E-state index in [0.717, 1.165) is 32.1 Å². The van der Waals surface area contributed by atoms with E-state index in [1.807, 2.05) is 0 Å². The molecule has 4 rings (SSSR count). The van der Waals surface area contributed by atoms with E-state index in [1.54, 1.807) is 5.57 Å². The van der Waals surface area contributed by atoms with Crippen LogP contribution in [0.5, 0.6) is 0 Å². The summed E-state index contributed by atoms with van der Waals surface area (Å²) >= 11 is 0. The Labute approximate surface area is 175 Å². The number of hydrogen-bond acceptors (Lipinski definition) is 0. The maximum atomic E-state index is 2.37. The zero-order valence-electron chi connectivity index (χ0n) is 17.6. The van der Waals surface area contributed by atoms with Crippen LogP contribution in [0, 0.1) is 6.92 Å². The van der Waals surface area contributed by atoms with Crippen LogP contribution in [-0.4, -0.2) is 0 Å². The Hall–Kier alpha value is -2.86. The SMILES string of the molecule is CCc1ccc(CCC2=CC=C(c3cccc(Cc4cccc(C)c4)c3)C2)cc1. The Balaban J connectivity index is 1.35. The second-order valence-corrected chi connectivity index (χ2v) is 8.23. The minimum absolute atomic E-state index is 0.997. The monoisotopic (exact) mass is 378 g/mol. The van der Waals surface area contributed by atoms with E-state index in [9.17, 15) is 0 Å². The molecule has 3 aromatic rings. The Morgan fingerprint density at radius 1 is 0.690 bits per heavy atom. The van der Waals surface area contributed by atoms with Gasteiger partial charge in [0.15, 0.2) is 0 Å². The third-order valence-corrected chi connectivity index (χ3v) is 5.89. The quantitative estimate of drug-likeness (QED) is 0.399. The highest BCUT2D eigenvalue weighted by atomic mass is 14.2. The topological polar surface area (TPSA) is 0 Å². The number of hydrogen-bond donors (Lipinski definition) is 0. The van der Waals surface area contributed by atoms with E-state index in [-0.39, 0.29) is 0 Å². The third-order valence-electron chi connectivity index (χ3n) is 5.89. The smallest absolute Gasteiger partial charge is 0.00255 e. The summed E-state index contributed by atoms with van der Waals surface area (Å²) in [6.07, 6.45) is 10.1. The van der Waals surface area contributed by atoms with Crippen molar-refractivity contribution < 1.29 is 0 Å². The van der Waals surface area contributed by atoms with Crippen molar-refractivity contribution in [2.45, 2.75) is 46.0 Å². The molecule has 0 heteroatoms.